The maximum atomic E-state index is 13.0. The molecule has 1 aromatic carbocycles. The molecule has 0 saturated heterocycles. The molecule has 13 heteroatoms. The van der Waals surface area contributed by atoms with Gasteiger partial charge in [-0.15, -0.1) is 0 Å². The van der Waals surface area contributed by atoms with Crippen molar-refractivity contribution in [3.63, 3.8) is 0 Å². The zero-order chi connectivity index (χ0) is 24.0. The SMILES string of the molecule is CC(C)(C)OC(=O)NCc1nn(-c2ccc(S(F)(F)(F)(F)F)cc2)c2nccc(CO)c12. The van der Waals surface area contributed by atoms with Crippen molar-refractivity contribution in [1.82, 2.24) is 20.1 Å². The lowest BCUT2D eigenvalue weighted by molar-refractivity contribution is 0.0523. The van der Waals surface area contributed by atoms with Crippen LogP contribution in [0.5, 0.6) is 0 Å². The zero-order valence-electron chi connectivity index (χ0n) is 17.3. The van der Waals surface area contributed by atoms with Crippen molar-refractivity contribution in [3.05, 3.63) is 47.8 Å². The minimum absolute atomic E-state index is 0.0340. The van der Waals surface area contributed by atoms with Crippen LogP contribution in [0.4, 0.5) is 24.2 Å². The van der Waals surface area contributed by atoms with Crippen molar-refractivity contribution in [3.8, 4) is 5.69 Å². The number of amides is 1. The lowest BCUT2D eigenvalue weighted by Gasteiger charge is -2.40. The molecule has 0 saturated carbocycles. The standard InChI is InChI=1S/C19H21F5N4O3S/c1-19(2,3)31-18(30)26-10-15-16-12(11-29)8-9-25-17(16)28(27-15)13-4-6-14(7-5-13)32(20,21,22,23)24/h4-9,29H,10-11H2,1-3H3,(H,26,30). The van der Waals surface area contributed by atoms with Crippen LogP contribution in [-0.4, -0.2) is 31.6 Å². The van der Waals surface area contributed by atoms with E-state index in [0.717, 1.165) is 16.8 Å². The maximum absolute atomic E-state index is 13.0. The second-order valence-corrected chi connectivity index (χ2v) is 10.4. The summed E-state index contributed by atoms with van der Waals surface area (Å²) in [4.78, 5) is 14.1. The van der Waals surface area contributed by atoms with Gasteiger partial charge in [0.2, 0.25) is 0 Å². The number of rotatable bonds is 5. The Morgan fingerprint density at radius 3 is 2.28 bits per heavy atom. The Labute approximate surface area is 179 Å². The van der Waals surface area contributed by atoms with Crippen LogP contribution in [0.2, 0.25) is 0 Å². The number of hydrogen-bond acceptors (Lipinski definition) is 5. The first-order valence-electron chi connectivity index (χ1n) is 9.26. The molecule has 2 N–H and O–H groups in total. The summed E-state index contributed by atoms with van der Waals surface area (Å²) in [5.41, 5.74) is 0.114. The molecule has 0 radical (unpaired) electrons. The molecule has 3 rings (SSSR count). The summed E-state index contributed by atoms with van der Waals surface area (Å²) in [5.74, 6) is 0. The zero-order valence-corrected chi connectivity index (χ0v) is 18.1. The molecule has 0 fully saturated rings. The Hall–Kier alpha value is -2.93. The first-order chi connectivity index (χ1) is 14.5. The van der Waals surface area contributed by atoms with Crippen molar-refractivity contribution >= 4 is 27.4 Å². The maximum Gasteiger partial charge on any atom is 0.407 e. The highest BCUT2D eigenvalue weighted by atomic mass is 32.5. The molecule has 0 atom stereocenters. The Morgan fingerprint density at radius 2 is 1.75 bits per heavy atom. The fraction of sp³-hybridized carbons (Fsp3) is 0.316. The molecule has 1 amide bonds. The van der Waals surface area contributed by atoms with Gasteiger partial charge in [-0.1, -0.05) is 19.4 Å². The number of aromatic nitrogens is 3. The van der Waals surface area contributed by atoms with Crippen LogP contribution in [0.3, 0.4) is 0 Å². The summed E-state index contributed by atoms with van der Waals surface area (Å²) in [7, 11) is -9.82. The molecule has 2 heterocycles. The second-order valence-electron chi connectivity index (χ2n) is 8.00. The summed E-state index contributed by atoms with van der Waals surface area (Å²) in [6.45, 7) is 4.51. The van der Waals surface area contributed by atoms with Gasteiger partial charge in [0.05, 0.1) is 24.5 Å². The quantitative estimate of drug-likeness (QED) is 0.465. The smallest absolute Gasteiger partial charge is 0.407 e. The number of hydrogen-bond donors (Lipinski definition) is 2. The molecular weight excluding hydrogens is 459 g/mol. The van der Waals surface area contributed by atoms with Gasteiger partial charge in [-0.05, 0) is 56.7 Å². The summed E-state index contributed by atoms with van der Waals surface area (Å²) in [5, 5.41) is 16.8. The number of benzene rings is 1. The minimum Gasteiger partial charge on any atom is -0.444 e. The van der Waals surface area contributed by atoms with E-state index in [9.17, 15) is 29.3 Å². The number of pyridine rings is 1. The molecule has 32 heavy (non-hydrogen) atoms. The van der Waals surface area contributed by atoms with Gasteiger partial charge in [0, 0.05) is 11.6 Å². The summed E-state index contributed by atoms with van der Waals surface area (Å²) in [6, 6.07) is 3.76. The lowest BCUT2D eigenvalue weighted by Crippen LogP contribution is -2.32. The number of alkyl carbamates (subject to hydrolysis) is 1. The van der Waals surface area contributed by atoms with Gasteiger partial charge in [-0.3, -0.25) is 0 Å². The number of aliphatic hydroxyl groups excluding tert-OH is 1. The minimum atomic E-state index is -9.82. The van der Waals surface area contributed by atoms with Gasteiger partial charge in [0.25, 0.3) is 0 Å². The second kappa shape index (κ2) is 7.04. The first-order valence-corrected chi connectivity index (χ1v) is 11.2. The summed E-state index contributed by atoms with van der Waals surface area (Å²) < 4.78 is 71.4. The van der Waals surface area contributed by atoms with Gasteiger partial charge in [0.15, 0.2) is 5.65 Å². The largest absolute Gasteiger partial charge is 0.444 e. The fourth-order valence-corrected chi connectivity index (χ4v) is 3.58. The molecular formula is C19H21F5N4O3S. The number of ether oxygens (including phenoxy) is 1. The van der Waals surface area contributed by atoms with E-state index in [1.54, 1.807) is 20.8 Å². The lowest BCUT2D eigenvalue weighted by atomic mass is 10.1. The van der Waals surface area contributed by atoms with E-state index >= 15 is 0 Å². The van der Waals surface area contributed by atoms with Crippen LogP contribution in [-0.2, 0) is 17.9 Å². The molecule has 0 bridgehead atoms. The van der Waals surface area contributed by atoms with E-state index in [-0.39, 0.29) is 35.7 Å². The van der Waals surface area contributed by atoms with Crippen molar-refractivity contribution in [1.29, 1.82) is 0 Å². The van der Waals surface area contributed by atoms with Crippen molar-refractivity contribution < 1.29 is 34.1 Å². The van der Waals surface area contributed by atoms with Crippen LogP contribution in [0.25, 0.3) is 16.7 Å². The Morgan fingerprint density at radius 1 is 1.12 bits per heavy atom. The van der Waals surface area contributed by atoms with Crippen molar-refractivity contribution in [2.45, 2.75) is 44.4 Å². The molecule has 0 unspecified atom stereocenters. The van der Waals surface area contributed by atoms with Crippen LogP contribution < -0.4 is 5.32 Å². The number of carbonyl (C=O) groups is 1. The third-order valence-corrected chi connectivity index (χ3v) is 5.39. The molecule has 176 valence electrons. The summed E-state index contributed by atoms with van der Waals surface area (Å²) in [6.07, 6.45) is 0.634. The van der Waals surface area contributed by atoms with Gasteiger partial charge in [-0.2, -0.15) is 5.10 Å². The first kappa shape index (κ1) is 23.7. The highest BCUT2D eigenvalue weighted by Crippen LogP contribution is 3.02. The van der Waals surface area contributed by atoms with Gasteiger partial charge in [-0.25, -0.2) is 14.5 Å². The molecule has 3 aromatic rings. The molecule has 0 aliphatic rings. The fourth-order valence-electron chi connectivity index (χ4n) is 2.93. The van der Waals surface area contributed by atoms with E-state index in [4.69, 9.17) is 4.74 Å². The Kier molecular flexibility index (Phi) is 5.22. The van der Waals surface area contributed by atoms with E-state index in [0.29, 0.717) is 10.9 Å². The average molecular weight is 480 g/mol. The van der Waals surface area contributed by atoms with E-state index < -0.39 is 33.4 Å². The topological polar surface area (TPSA) is 89.3 Å². The number of halogens is 5. The number of fused-ring (bicyclic) bond motifs is 1. The molecule has 0 aliphatic carbocycles. The van der Waals surface area contributed by atoms with Crippen molar-refractivity contribution in [2.75, 3.05) is 0 Å². The van der Waals surface area contributed by atoms with Crippen LogP contribution >= 0.6 is 10.2 Å². The summed E-state index contributed by atoms with van der Waals surface area (Å²) >= 11 is 0. The molecule has 0 aliphatic heterocycles. The van der Waals surface area contributed by atoms with Gasteiger partial charge >= 0.3 is 16.3 Å². The predicted molar refractivity (Wildman–Crippen MR) is 109 cm³/mol. The highest BCUT2D eigenvalue weighted by molar-refractivity contribution is 8.45. The number of aliphatic hydroxyl groups is 1. The van der Waals surface area contributed by atoms with Crippen LogP contribution in [0.1, 0.15) is 32.0 Å². The monoisotopic (exact) mass is 480 g/mol. The van der Waals surface area contributed by atoms with Crippen molar-refractivity contribution in [2.24, 2.45) is 0 Å². The number of nitrogens with zero attached hydrogens (tertiary/aromatic N) is 3. The highest BCUT2D eigenvalue weighted by Gasteiger charge is 2.65. The third-order valence-electron chi connectivity index (χ3n) is 4.22. The van der Waals surface area contributed by atoms with E-state index in [1.165, 1.54) is 12.3 Å². The Bertz CT molecular complexity index is 1170. The van der Waals surface area contributed by atoms with E-state index in [1.807, 2.05) is 0 Å². The normalized spacial score (nSPS) is 14.7. The third kappa shape index (κ3) is 5.27. The van der Waals surface area contributed by atoms with Gasteiger partial charge in [0.1, 0.15) is 10.5 Å². The molecule has 2 aromatic heterocycles. The molecule has 0 spiro atoms. The van der Waals surface area contributed by atoms with Crippen LogP contribution in [0.15, 0.2) is 41.4 Å². The number of nitrogens with one attached hydrogen (secondary N) is 1. The Balaban J connectivity index is 2.03. The van der Waals surface area contributed by atoms with Gasteiger partial charge < -0.3 is 15.2 Å². The van der Waals surface area contributed by atoms with E-state index in [2.05, 4.69) is 15.4 Å². The molecule has 7 nitrogen and oxygen atoms in total. The number of carbonyl (C=O) groups excluding carboxylic acids is 1. The van der Waals surface area contributed by atoms with Crippen LogP contribution in [0, 0.1) is 0 Å². The predicted octanol–water partition coefficient (Wildman–Crippen LogP) is 5.59. The average Bonchev–Trinajstić information content (AvgIpc) is 3.02.